The van der Waals surface area contributed by atoms with E-state index in [0.717, 1.165) is 18.8 Å². The molecule has 0 aromatic rings. The first-order chi connectivity index (χ1) is 8.11. The van der Waals surface area contributed by atoms with Gasteiger partial charge in [0, 0.05) is 13.2 Å². The minimum absolute atomic E-state index is 0.0306. The van der Waals surface area contributed by atoms with Gasteiger partial charge in [-0.3, -0.25) is 10.1 Å². The van der Waals surface area contributed by atoms with E-state index in [-0.39, 0.29) is 18.7 Å². The standard InChI is InChI=1S/C13H25NO3/c1-10(17-2)14-12(9-13(15)16)8-7-11-5-3-4-6-11/h10-12,14H,3-9H2,1-2H3,(H,15,16). The molecule has 0 amide bonds. The third-order valence-electron chi connectivity index (χ3n) is 3.64. The second-order valence-electron chi connectivity index (χ2n) is 5.07. The van der Waals surface area contributed by atoms with Crippen molar-refractivity contribution in [1.82, 2.24) is 5.32 Å². The van der Waals surface area contributed by atoms with Gasteiger partial charge in [0.2, 0.25) is 0 Å². The van der Waals surface area contributed by atoms with E-state index in [9.17, 15) is 4.79 Å². The number of carboxylic acids is 1. The zero-order valence-electron chi connectivity index (χ0n) is 10.9. The fourth-order valence-electron chi connectivity index (χ4n) is 2.59. The minimum atomic E-state index is -0.739. The van der Waals surface area contributed by atoms with Crippen molar-refractivity contribution >= 4 is 5.97 Å². The molecule has 1 saturated carbocycles. The Labute approximate surface area is 104 Å². The summed E-state index contributed by atoms with van der Waals surface area (Å²) in [6.07, 6.45) is 7.50. The number of nitrogens with one attached hydrogen (secondary N) is 1. The van der Waals surface area contributed by atoms with Gasteiger partial charge in [0.25, 0.3) is 0 Å². The van der Waals surface area contributed by atoms with Crippen molar-refractivity contribution in [3.05, 3.63) is 0 Å². The number of methoxy groups -OCH3 is 1. The van der Waals surface area contributed by atoms with Crippen molar-refractivity contribution in [2.45, 2.75) is 64.1 Å². The van der Waals surface area contributed by atoms with Crippen LogP contribution in [0.15, 0.2) is 0 Å². The summed E-state index contributed by atoms with van der Waals surface area (Å²) < 4.78 is 5.13. The molecule has 1 aliphatic rings. The van der Waals surface area contributed by atoms with Crippen LogP contribution >= 0.6 is 0 Å². The molecule has 2 N–H and O–H groups in total. The molecule has 0 radical (unpaired) electrons. The largest absolute Gasteiger partial charge is 0.481 e. The van der Waals surface area contributed by atoms with Gasteiger partial charge in [-0.15, -0.1) is 0 Å². The van der Waals surface area contributed by atoms with Gasteiger partial charge in [-0.05, 0) is 25.7 Å². The Morgan fingerprint density at radius 3 is 2.65 bits per heavy atom. The van der Waals surface area contributed by atoms with Crippen molar-refractivity contribution in [3.63, 3.8) is 0 Å². The molecule has 2 unspecified atom stereocenters. The molecule has 4 nitrogen and oxygen atoms in total. The van der Waals surface area contributed by atoms with Gasteiger partial charge in [-0.2, -0.15) is 0 Å². The Bertz CT molecular complexity index is 227. The van der Waals surface area contributed by atoms with Crippen molar-refractivity contribution in [2.75, 3.05) is 7.11 Å². The van der Waals surface area contributed by atoms with E-state index in [0.29, 0.717) is 0 Å². The molecule has 1 rings (SSSR count). The van der Waals surface area contributed by atoms with Crippen LogP contribution < -0.4 is 5.32 Å². The maximum atomic E-state index is 10.8. The van der Waals surface area contributed by atoms with Crippen LogP contribution in [0.5, 0.6) is 0 Å². The van der Waals surface area contributed by atoms with Crippen LogP contribution in [0.1, 0.15) is 51.9 Å². The molecule has 100 valence electrons. The van der Waals surface area contributed by atoms with Crippen LogP contribution in [0.2, 0.25) is 0 Å². The summed E-state index contributed by atoms with van der Waals surface area (Å²) in [7, 11) is 1.63. The lowest BCUT2D eigenvalue weighted by molar-refractivity contribution is -0.137. The maximum absolute atomic E-state index is 10.8. The topological polar surface area (TPSA) is 58.6 Å². The van der Waals surface area contributed by atoms with Crippen LogP contribution in [0.3, 0.4) is 0 Å². The Balaban J connectivity index is 2.30. The number of carboxylic acid groups (broad SMARTS) is 1. The minimum Gasteiger partial charge on any atom is -0.481 e. The molecular formula is C13H25NO3. The zero-order chi connectivity index (χ0) is 12.7. The molecule has 1 fully saturated rings. The number of hydrogen-bond acceptors (Lipinski definition) is 3. The molecule has 4 heteroatoms. The summed E-state index contributed by atoms with van der Waals surface area (Å²) >= 11 is 0. The third kappa shape index (κ3) is 6.03. The van der Waals surface area contributed by atoms with Gasteiger partial charge < -0.3 is 9.84 Å². The van der Waals surface area contributed by atoms with Crippen molar-refractivity contribution in [2.24, 2.45) is 5.92 Å². The lowest BCUT2D eigenvalue weighted by Gasteiger charge is -2.22. The van der Waals surface area contributed by atoms with Crippen LogP contribution in [0.25, 0.3) is 0 Å². The first-order valence-electron chi connectivity index (χ1n) is 6.62. The number of ether oxygens (including phenoxy) is 1. The Kier molecular flexibility index (Phi) is 6.52. The van der Waals surface area contributed by atoms with E-state index in [1.807, 2.05) is 6.92 Å². The fourth-order valence-corrected chi connectivity index (χ4v) is 2.59. The number of hydrogen-bond donors (Lipinski definition) is 2. The highest BCUT2D eigenvalue weighted by Crippen LogP contribution is 2.29. The summed E-state index contributed by atoms with van der Waals surface area (Å²) in [4.78, 5) is 10.8. The zero-order valence-corrected chi connectivity index (χ0v) is 10.9. The Morgan fingerprint density at radius 2 is 2.12 bits per heavy atom. The summed E-state index contributed by atoms with van der Waals surface area (Å²) in [6, 6.07) is 0.0306. The summed E-state index contributed by atoms with van der Waals surface area (Å²) in [6.45, 7) is 1.91. The van der Waals surface area contributed by atoms with E-state index >= 15 is 0 Å². The summed E-state index contributed by atoms with van der Waals surface area (Å²) in [5.41, 5.74) is 0. The third-order valence-corrected chi connectivity index (χ3v) is 3.64. The molecule has 0 saturated heterocycles. The van der Waals surface area contributed by atoms with Crippen LogP contribution in [0.4, 0.5) is 0 Å². The average molecular weight is 243 g/mol. The summed E-state index contributed by atoms with van der Waals surface area (Å²) in [5.74, 6) is 0.0724. The van der Waals surface area contributed by atoms with Gasteiger partial charge in [0.1, 0.15) is 6.23 Å². The molecular weight excluding hydrogens is 218 g/mol. The number of rotatable bonds is 8. The highest BCUT2D eigenvalue weighted by atomic mass is 16.5. The molecule has 1 aliphatic carbocycles. The highest BCUT2D eigenvalue weighted by molar-refractivity contribution is 5.67. The number of carbonyl (C=O) groups is 1. The van der Waals surface area contributed by atoms with Gasteiger partial charge in [0.15, 0.2) is 0 Å². The molecule has 0 spiro atoms. The second kappa shape index (κ2) is 7.67. The second-order valence-corrected chi connectivity index (χ2v) is 5.07. The first kappa shape index (κ1) is 14.5. The Morgan fingerprint density at radius 1 is 1.47 bits per heavy atom. The van der Waals surface area contributed by atoms with Gasteiger partial charge >= 0.3 is 5.97 Å². The van der Waals surface area contributed by atoms with E-state index in [1.165, 1.54) is 25.7 Å². The molecule has 0 aliphatic heterocycles. The Hall–Kier alpha value is -0.610. The van der Waals surface area contributed by atoms with Crippen molar-refractivity contribution in [3.8, 4) is 0 Å². The highest BCUT2D eigenvalue weighted by Gasteiger charge is 2.20. The number of aliphatic carboxylic acids is 1. The predicted molar refractivity (Wildman–Crippen MR) is 66.8 cm³/mol. The van der Waals surface area contributed by atoms with Crippen LogP contribution in [0, 0.1) is 5.92 Å². The van der Waals surface area contributed by atoms with Crippen LogP contribution in [-0.2, 0) is 9.53 Å². The molecule has 17 heavy (non-hydrogen) atoms. The normalized spacial score (nSPS) is 20.4. The lowest BCUT2D eigenvalue weighted by atomic mass is 9.97. The molecule has 0 aromatic heterocycles. The molecule has 0 aromatic carbocycles. The van der Waals surface area contributed by atoms with E-state index in [4.69, 9.17) is 9.84 Å². The fraction of sp³-hybridized carbons (Fsp3) is 0.923. The quantitative estimate of drug-likeness (QED) is 0.643. The monoisotopic (exact) mass is 243 g/mol. The SMILES string of the molecule is COC(C)NC(CCC1CCCC1)CC(=O)O. The van der Waals surface area contributed by atoms with Crippen molar-refractivity contribution < 1.29 is 14.6 Å². The van der Waals surface area contributed by atoms with Gasteiger partial charge in [0.05, 0.1) is 6.42 Å². The smallest absolute Gasteiger partial charge is 0.304 e. The predicted octanol–water partition coefficient (Wildman–Crippen LogP) is 2.38. The van der Waals surface area contributed by atoms with Crippen LogP contribution in [-0.4, -0.2) is 30.5 Å². The van der Waals surface area contributed by atoms with Crippen molar-refractivity contribution in [1.29, 1.82) is 0 Å². The maximum Gasteiger partial charge on any atom is 0.304 e. The molecule has 0 bridgehead atoms. The average Bonchev–Trinajstić information content (AvgIpc) is 2.77. The van der Waals surface area contributed by atoms with E-state index in [1.54, 1.807) is 7.11 Å². The lowest BCUT2D eigenvalue weighted by Crippen LogP contribution is -2.39. The summed E-state index contributed by atoms with van der Waals surface area (Å²) in [5, 5.41) is 12.1. The van der Waals surface area contributed by atoms with E-state index in [2.05, 4.69) is 5.32 Å². The van der Waals surface area contributed by atoms with Gasteiger partial charge in [-0.25, -0.2) is 0 Å². The first-order valence-corrected chi connectivity index (χ1v) is 6.62. The van der Waals surface area contributed by atoms with Gasteiger partial charge in [-0.1, -0.05) is 25.7 Å². The van der Waals surface area contributed by atoms with E-state index < -0.39 is 5.97 Å². The molecule has 2 atom stereocenters. The molecule has 0 heterocycles.